The van der Waals surface area contributed by atoms with Crippen LogP contribution in [0.15, 0.2) is 36.7 Å². The minimum Gasteiger partial charge on any atom is -0.385 e. The number of benzene rings is 1. The van der Waals surface area contributed by atoms with E-state index in [1.807, 2.05) is 4.90 Å². The van der Waals surface area contributed by atoms with Crippen LogP contribution in [0.3, 0.4) is 0 Å². The van der Waals surface area contributed by atoms with E-state index in [4.69, 9.17) is 4.98 Å². The zero-order valence-electron chi connectivity index (χ0n) is 16.1. The van der Waals surface area contributed by atoms with Crippen LogP contribution < -0.4 is 4.90 Å². The second kappa shape index (κ2) is 7.13. The van der Waals surface area contributed by atoms with Crippen molar-refractivity contribution in [1.82, 2.24) is 29.8 Å². The zero-order valence-corrected chi connectivity index (χ0v) is 16.1. The average molecular weight is 411 g/mol. The van der Waals surface area contributed by atoms with Crippen molar-refractivity contribution in [2.45, 2.75) is 31.9 Å². The first-order valence-electron chi connectivity index (χ1n) is 9.68. The number of nitrogens with one attached hydrogen (secondary N) is 1. The maximum absolute atomic E-state index is 14.4. The average Bonchev–Trinajstić information content (AvgIpc) is 3.47. The molecule has 2 N–H and O–H groups in total. The van der Waals surface area contributed by atoms with Crippen molar-refractivity contribution in [1.29, 1.82) is 0 Å². The van der Waals surface area contributed by atoms with Crippen molar-refractivity contribution < 1.29 is 13.9 Å². The topological polar surface area (TPSA) is 95.2 Å². The lowest BCUT2D eigenvalue weighted by Gasteiger charge is -2.26. The monoisotopic (exact) mass is 411 g/mol. The summed E-state index contributed by atoms with van der Waals surface area (Å²) in [4.78, 5) is 11.0. The second-order valence-electron chi connectivity index (χ2n) is 7.35. The van der Waals surface area contributed by atoms with Gasteiger partial charge in [-0.2, -0.15) is 10.2 Å². The molecule has 1 aromatic carbocycles. The van der Waals surface area contributed by atoms with Gasteiger partial charge in [-0.15, -0.1) is 0 Å². The third-order valence-electron chi connectivity index (χ3n) is 5.36. The standard InChI is InChI=1S/C20H19F2N7O/c1-11(30)18-25-19(27-26-18)14-10-23-29-8-6-17(24-20(14)29)28-7-2-3-16(28)13-9-12(21)4-5-15(13)22/h4-6,8-11,16,30H,2-3,7H2,1H3,(H,25,26,27)/t11-,16+/m0/s1. The molecule has 10 heteroatoms. The summed E-state index contributed by atoms with van der Waals surface area (Å²) < 4.78 is 29.7. The summed E-state index contributed by atoms with van der Waals surface area (Å²) >= 11 is 0. The number of rotatable bonds is 4. The highest BCUT2D eigenvalue weighted by Gasteiger charge is 2.30. The van der Waals surface area contributed by atoms with Gasteiger partial charge in [0, 0.05) is 18.3 Å². The number of aromatic nitrogens is 6. The Bertz CT molecular complexity index is 1220. The summed E-state index contributed by atoms with van der Waals surface area (Å²) in [5, 5.41) is 20.8. The van der Waals surface area contributed by atoms with Gasteiger partial charge in [-0.25, -0.2) is 23.3 Å². The highest BCUT2D eigenvalue weighted by atomic mass is 19.1. The van der Waals surface area contributed by atoms with E-state index in [1.165, 1.54) is 6.07 Å². The minimum atomic E-state index is -0.775. The molecule has 5 rings (SSSR count). The Morgan fingerprint density at radius 1 is 1.23 bits per heavy atom. The molecule has 4 heterocycles. The van der Waals surface area contributed by atoms with Gasteiger partial charge in [0.2, 0.25) is 0 Å². The summed E-state index contributed by atoms with van der Waals surface area (Å²) in [5.74, 6) is 0.479. The first-order valence-corrected chi connectivity index (χ1v) is 9.68. The van der Waals surface area contributed by atoms with E-state index in [9.17, 15) is 13.9 Å². The molecule has 0 amide bonds. The van der Waals surface area contributed by atoms with Gasteiger partial charge >= 0.3 is 0 Å². The second-order valence-corrected chi connectivity index (χ2v) is 7.35. The van der Waals surface area contributed by atoms with E-state index in [0.29, 0.717) is 47.2 Å². The van der Waals surface area contributed by atoms with Crippen molar-refractivity contribution in [3.05, 3.63) is 59.7 Å². The number of fused-ring (bicyclic) bond motifs is 1. The molecular weight excluding hydrogens is 392 g/mol. The Morgan fingerprint density at radius 3 is 2.90 bits per heavy atom. The molecule has 0 bridgehead atoms. The van der Waals surface area contributed by atoms with Gasteiger partial charge in [0.05, 0.1) is 17.8 Å². The van der Waals surface area contributed by atoms with Crippen LogP contribution in [0.5, 0.6) is 0 Å². The van der Waals surface area contributed by atoms with Gasteiger partial charge < -0.3 is 10.0 Å². The molecule has 8 nitrogen and oxygen atoms in total. The predicted octanol–water partition coefficient (Wildman–Crippen LogP) is 3.19. The number of hydrogen-bond acceptors (Lipinski definition) is 6. The summed E-state index contributed by atoms with van der Waals surface area (Å²) in [6.45, 7) is 2.27. The molecule has 1 saturated heterocycles. The molecule has 1 aliphatic rings. The number of aliphatic hydroxyl groups excluding tert-OH is 1. The lowest BCUT2D eigenvalue weighted by Crippen LogP contribution is -2.24. The van der Waals surface area contributed by atoms with E-state index in [1.54, 1.807) is 29.9 Å². The minimum absolute atomic E-state index is 0.299. The Balaban J connectivity index is 1.55. The molecule has 0 aliphatic carbocycles. The normalized spacial score (nSPS) is 17.7. The summed E-state index contributed by atoms with van der Waals surface area (Å²) in [6, 6.07) is 5.05. The Hall–Kier alpha value is -3.40. The fraction of sp³-hybridized carbons (Fsp3) is 0.300. The van der Waals surface area contributed by atoms with Crippen LogP contribution in [0, 0.1) is 11.6 Å². The highest BCUT2D eigenvalue weighted by molar-refractivity contribution is 5.73. The smallest absolute Gasteiger partial charge is 0.186 e. The third kappa shape index (κ3) is 3.09. The third-order valence-corrected chi connectivity index (χ3v) is 5.36. The van der Waals surface area contributed by atoms with Gasteiger partial charge in [-0.05, 0) is 44.0 Å². The van der Waals surface area contributed by atoms with Crippen molar-refractivity contribution in [2.24, 2.45) is 0 Å². The number of anilines is 1. The Morgan fingerprint density at radius 2 is 2.10 bits per heavy atom. The van der Waals surface area contributed by atoms with Crippen molar-refractivity contribution in [3.63, 3.8) is 0 Å². The van der Waals surface area contributed by atoms with Gasteiger partial charge in [0.15, 0.2) is 17.3 Å². The number of H-pyrrole nitrogens is 1. The zero-order chi connectivity index (χ0) is 20.8. The fourth-order valence-corrected chi connectivity index (χ4v) is 3.89. The Labute approximate surface area is 170 Å². The first kappa shape index (κ1) is 18.6. The van der Waals surface area contributed by atoms with E-state index in [0.717, 1.165) is 18.6 Å². The summed E-state index contributed by atoms with van der Waals surface area (Å²) in [6.07, 6.45) is 4.15. The number of aliphatic hydroxyl groups is 1. The number of halogens is 2. The molecule has 4 aromatic rings. The van der Waals surface area contributed by atoms with Crippen LogP contribution in [0.2, 0.25) is 0 Å². The molecule has 0 radical (unpaired) electrons. The van der Waals surface area contributed by atoms with Crippen LogP contribution in [0.1, 0.15) is 43.3 Å². The van der Waals surface area contributed by atoms with E-state index in [-0.39, 0.29) is 6.04 Å². The van der Waals surface area contributed by atoms with Gasteiger partial charge in [-0.1, -0.05) is 0 Å². The maximum Gasteiger partial charge on any atom is 0.186 e. The van der Waals surface area contributed by atoms with Crippen molar-refractivity contribution in [2.75, 3.05) is 11.4 Å². The molecule has 0 spiro atoms. The molecule has 1 aliphatic heterocycles. The predicted molar refractivity (Wildman–Crippen MR) is 105 cm³/mol. The molecule has 2 atom stereocenters. The van der Waals surface area contributed by atoms with Gasteiger partial charge in [0.25, 0.3) is 0 Å². The van der Waals surface area contributed by atoms with Crippen LogP contribution >= 0.6 is 0 Å². The first-order chi connectivity index (χ1) is 14.5. The Kier molecular flexibility index (Phi) is 4.43. The van der Waals surface area contributed by atoms with Crippen LogP contribution in [0.4, 0.5) is 14.6 Å². The number of aromatic amines is 1. The molecule has 3 aromatic heterocycles. The number of hydrogen-bond donors (Lipinski definition) is 2. The van der Waals surface area contributed by atoms with Crippen molar-refractivity contribution in [3.8, 4) is 11.4 Å². The van der Waals surface area contributed by atoms with Crippen LogP contribution in [-0.4, -0.2) is 41.4 Å². The maximum atomic E-state index is 14.4. The SMILES string of the molecule is C[C@H](O)c1nc(-c2cnn3ccc(N4CCC[C@@H]4c4cc(F)ccc4F)nc23)n[nH]1. The van der Waals surface area contributed by atoms with Crippen LogP contribution in [-0.2, 0) is 0 Å². The summed E-state index contributed by atoms with van der Waals surface area (Å²) in [7, 11) is 0. The fourth-order valence-electron chi connectivity index (χ4n) is 3.89. The lowest BCUT2D eigenvalue weighted by molar-refractivity contribution is 0.189. The molecular formula is C20H19F2N7O. The molecule has 1 fully saturated rings. The number of nitrogens with zero attached hydrogens (tertiary/aromatic N) is 6. The molecule has 0 unspecified atom stereocenters. The highest BCUT2D eigenvalue weighted by Crippen LogP contribution is 2.37. The molecule has 154 valence electrons. The van der Waals surface area contributed by atoms with Gasteiger partial charge in [0.1, 0.15) is 23.6 Å². The lowest BCUT2D eigenvalue weighted by atomic mass is 10.0. The van der Waals surface area contributed by atoms with E-state index < -0.39 is 17.7 Å². The summed E-state index contributed by atoms with van der Waals surface area (Å²) in [5.41, 5.74) is 1.47. The van der Waals surface area contributed by atoms with Crippen LogP contribution in [0.25, 0.3) is 17.0 Å². The van der Waals surface area contributed by atoms with E-state index >= 15 is 0 Å². The quantitative estimate of drug-likeness (QED) is 0.536. The van der Waals surface area contributed by atoms with Crippen molar-refractivity contribution >= 4 is 11.5 Å². The van der Waals surface area contributed by atoms with Gasteiger partial charge in [-0.3, -0.25) is 5.10 Å². The molecule has 0 saturated carbocycles. The van der Waals surface area contributed by atoms with E-state index in [2.05, 4.69) is 20.3 Å². The molecule has 30 heavy (non-hydrogen) atoms. The largest absolute Gasteiger partial charge is 0.385 e.